The average Bonchev–Trinajstić information content (AvgIpc) is 2.39. The van der Waals surface area contributed by atoms with Gasteiger partial charge < -0.3 is 14.5 Å². The Balaban J connectivity index is 1.97. The van der Waals surface area contributed by atoms with Crippen molar-refractivity contribution in [1.82, 2.24) is 4.90 Å². The number of nitrogens with zero attached hydrogens (tertiary/aromatic N) is 2. The van der Waals surface area contributed by atoms with Gasteiger partial charge in [0.2, 0.25) is 0 Å². The van der Waals surface area contributed by atoms with E-state index in [1.807, 2.05) is 12.1 Å². The largest absolute Gasteiger partial charge is 0.497 e. The Morgan fingerprint density at radius 3 is 2.24 bits per heavy atom. The molecule has 1 saturated heterocycles. The summed E-state index contributed by atoms with van der Waals surface area (Å²) >= 11 is 9.27. The van der Waals surface area contributed by atoms with Crippen LogP contribution in [0.3, 0.4) is 0 Å². The Morgan fingerprint density at radius 2 is 1.76 bits per heavy atom. The molecule has 2 rings (SSSR count). The van der Waals surface area contributed by atoms with Crippen LogP contribution < -0.4 is 9.64 Å². The number of rotatable bonds is 2. The SMILES string of the molecule is COc1ccc(N2CCN(C(=S)S)CC2)cc1. The van der Waals surface area contributed by atoms with Gasteiger partial charge >= 0.3 is 0 Å². The molecule has 17 heavy (non-hydrogen) atoms. The lowest BCUT2D eigenvalue weighted by Crippen LogP contribution is -2.47. The fourth-order valence-electron chi connectivity index (χ4n) is 1.95. The van der Waals surface area contributed by atoms with Crippen molar-refractivity contribution in [3.63, 3.8) is 0 Å². The normalized spacial score (nSPS) is 15.9. The van der Waals surface area contributed by atoms with Gasteiger partial charge in [-0.05, 0) is 24.3 Å². The number of thiocarbonyl (C=S) groups is 1. The molecule has 5 heteroatoms. The summed E-state index contributed by atoms with van der Waals surface area (Å²) in [5.74, 6) is 0.893. The molecule has 0 aliphatic carbocycles. The van der Waals surface area contributed by atoms with Gasteiger partial charge in [0.15, 0.2) is 0 Å². The predicted molar refractivity (Wildman–Crippen MR) is 78.4 cm³/mol. The van der Waals surface area contributed by atoms with Crippen LogP contribution in [0.2, 0.25) is 0 Å². The van der Waals surface area contributed by atoms with Crippen LogP contribution in [-0.4, -0.2) is 42.5 Å². The van der Waals surface area contributed by atoms with Crippen LogP contribution in [-0.2, 0) is 0 Å². The Kier molecular flexibility index (Phi) is 4.12. The first-order chi connectivity index (χ1) is 8.20. The van der Waals surface area contributed by atoms with E-state index in [0.29, 0.717) is 4.32 Å². The summed E-state index contributed by atoms with van der Waals surface area (Å²) in [6.07, 6.45) is 0. The lowest BCUT2D eigenvalue weighted by atomic mass is 10.2. The number of benzene rings is 1. The van der Waals surface area contributed by atoms with Crippen LogP contribution in [0.5, 0.6) is 5.75 Å². The summed E-state index contributed by atoms with van der Waals surface area (Å²) in [5, 5.41) is 0. The van der Waals surface area contributed by atoms with E-state index in [2.05, 4.69) is 34.6 Å². The third-order valence-corrected chi connectivity index (χ3v) is 3.53. The van der Waals surface area contributed by atoms with E-state index in [1.54, 1.807) is 7.11 Å². The summed E-state index contributed by atoms with van der Waals surface area (Å²) in [5.41, 5.74) is 1.23. The smallest absolute Gasteiger partial charge is 0.133 e. The fraction of sp³-hybridized carbons (Fsp3) is 0.417. The van der Waals surface area contributed by atoms with Gasteiger partial charge in [0.25, 0.3) is 0 Å². The van der Waals surface area contributed by atoms with Crippen LogP contribution in [0.1, 0.15) is 0 Å². The molecule has 92 valence electrons. The predicted octanol–water partition coefficient (Wildman–Crippen LogP) is 2.03. The van der Waals surface area contributed by atoms with Crippen LogP contribution in [0.25, 0.3) is 0 Å². The Morgan fingerprint density at radius 1 is 1.18 bits per heavy atom. The molecule has 3 nitrogen and oxygen atoms in total. The maximum atomic E-state index is 5.15. The van der Waals surface area contributed by atoms with Crippen LogP contribution >= 0.6 is 24.8 Å². The summed E-state index contributed by atoms with van der Waals surface area (Å²) in [7, 11) is 1.68. The van der Waals surface area contributed by atoms with Crippen molar-refractivity contribution in [2.75, 3.05) is 38.2 Å². The minimum absolute atomic E-state index is 0.694. The number of ether oxygens (including phenoxy) is 1. The number of hydrogen-bond acceptors (Lipinski definition) is 3. The number of hydrogen-bond donors (Lipinski definition) is 1. The molecule has 1 aliphatic heterocycles. The highest BCUT2D eigenvalue weighted by molar-refractivity contribution is 8.10. The van der Waals surface area contributed by atoms with Crippen molar-refractivity contribution in [1.29, 1.82) is 0 Å². The van der Waals surface area contributed by atoms with Crippen molar-refractivity contribution in [2.24, 2.45) is 0 Å². The van der Waals surface area contributed by atoms with Crippen LogP contribution in [0, 0.1) is 0 Å². The molecule has 0 radical (unpaired) electrons. The number of methoxy groups -OCH3 is 1. The van der Waals surface area contributed by atoms with Gasteiger partial charge in [0.1, 0.15) is 10.1 Å². The lowest BCUT2D eigenvalue weighted by Gasteiger charge is -2.36. The fourth-order valence-corrected chi connectivity index (χ4v) is 2.33. The first-order valence-corrected chi connectivity index (χ1v) is 6.43. The number of thiol groups is 1. The van der Waals surface area contributed by atoms with Crippen LogP contribution in [0.15, 0.2) is 24.3 Å². The van der Waals surface area contributed by atoms with Gasteiger partial charge in [-0.3, -0.25) is 0 Å². The third kappa shape index (κ3) is 3.04. The van der Waals surface area contributed by atoms with Crippen molar-refractivity contribution in [2.45, 2.75) is 0 Å². The zero-order chi connectivity index (χ0) is 12.3. The van der Waals surface area contributed by atoms with Crippen LogP contribution in [0.4, 0.5) is 5.69 Å². The highest BCUT2D eigenvalue weighted by Crippen LogP contribution is 2.20. The molecule has 0 N–H and O–H groups in total. The highest BCUT2D eigenvalue weighted by Gasteiger charge is 2.17. The molecule has 1 aliphatic rings. The Bertz CT molecular complexity index is 386. The second-order valence-corrected chi connectivity index (χ2v) is 5.07. The quantitative estimate of drug-likeness (QED) is 0.652. The Hall–Kier alpha value is -0.940. The Labute approximate surface area is 113 Å². The van der Waals surface area contributed by atoms with E-state index >= 15 is 0 Å². The summed E-state index contributed by atoms with van der Waals surface area (Å²) in [6.45, 7) is 3.84. The number of anilines is 1. The first kappa shape index (κ1) is 12.5. The van der Waals surface area contributed by atoms with Gasteiger partial charge in [-0.15, -0.1) is 12.6 Å². The topological polar surface area (TPSA) is 15.7 Å². The van der Waals surface area contributed by atoms with Crippen molar-refractivity contribution >= 4 is 34.9 Å². The van der Waals surface area contributed by atoms with E-state index in [-0.39, 0.29) is 0 Å². The van der Waals surface area contributed by atoms with Crippen molar-refractivity contribution in [3.8, 4) is 5.75 Å². The maximum absolute atomic E-state index is 5.15. The molecule has 0 spiro atoms. The van der Waals surface area contributed by atoms with Gasteiger partial charge in [-0.1, -0.05) is 12.2 Å². The molecular weight excluding hydrogens is 252 g/mol. The van der Waals surface area contributed by atoms with Crippen molar-refractivity contribution in [3.05, 3.63) is 24.3 Å². The maximum Gasteiger partial charge on any atom is 0.133 e. The van der Waals surface area contributed by atoms with Gasteiger partial charge in [-0.2, -0.15) is 0 Å². The van der Waals surface area contributed by atoms with E-state index in [9.17, 15) is 0 Å². The molecule has 0 atom stereocenters. The van der Waals surface area contributed by atoms with E-state index < -0.39 is 0 Å². The summed E-state index contributed by atoms with van der Waals surface area (Å²) in [6, 6.07) is 8.16. The zero-order valence-electron chi connectivity index (χ0n) is 9.80. The minimum atomic E-state index is 0.694. The van der Waals surface area contributed by atoms with Gasteiger partial charge in [0.05, 0.1) is 7.11 Å². The van der Waals surface area contributed by atoms with Crippen molar-refractivity contribution < 1.29 is 4.74 Å². The first-order valence-electron chi connectivity index (χ1n) is 5.57. The number of piperazine rings is 1. The van der Waals surface area contributed by atoms with E-state index in [1.165, 1.54) is 5.69 Å². The third-order valence-electron chi connectivity index (χ3n) is 2.99. The summed E-state index contributed by atoms with van der Waals surface area (Å²) in [4.78, 5) is 4.47. The molecule has 0 saturated carbocycles. The molecule has 0 aromatic heterocycles. The second-order valence-electron chi connectivity index (χ2n) is 3.95. The lowest BCUT2D eigenvalue weighted by molar-refractivity contribution is 0.397. The van der Waals surface area contributed by atoms with Gasteiger partial charge in [-0.25, -0.2) is 0 Å². The molecule has 1 aromatic carbocycles. The zero-order valence-corrected chi connectivity index (χ0v) is 11.5. The molecule has 1 fully saturated rings. The molecule has 0 unspecified atom stereocenters. The summed E-state index contributed by atoms with van der Waals surface area (Å²) < 4.78 is 5.84. The highest BCUT2D eigenvalue weighted by atomic mass is 32.1. The molecular formula is C12H16N2OS2. The van der Waals surface area contributed by atoms with E-state index in [0.717, 1.165) is 31.9 Å². The standard InChI is InChI=1S/C12H16N2OS2/c1-15-11-4-2-10(3-5-11)13-6-8-14(9-7-13)12(16)17/h2-5H,6-9H2,1H3,(H,16,17). The molecule has 0 bridgehead atoms. The molecule has 1 aromatic rings. The molecule has 1 heterocycles. The minimum Gasteiger partial charge on any atom is -0.497 e. The van der Waals surface area contributed by atoms with Gasteiger partial charge in [0, 0.05) is 31.9 Å². The monoisotopic (exact) mass is 268 g/mol. The van der Waals surface area contributed by atoms with E-state index in [4.69, 9.17) is 17.0 Å². The molecule has 0 amide bonds. The average molecular weight is 268 g/mol. The second kappa shape index (κ2) is 5.60.